The Labute approximate surface area is 269 Å². The Kier molecular flexibility index (Phi) is 16.9. The van der Waals surface area contributed by atoms with E-state index in [1.165, 1.54) is 43.5 Å². The highest BCUT2D eigenvalue weighted by Gasteiger charge is 2.23. The molecule has 0 atom stereocenters. The number of piperidine rings is 1. The van der Waals surface area contributed by atoms with Gasteiger partial charge in [0.15, 0.2) is 0 Å². The number of phenols is 1. The van der Waals surface area contributed by atoms with Crippen molar-refractivity contribution in [1.29, 1.82) is 0 Å². The number of anilines is 1. The van der Waals surface area contributed by atoms with Crippen LogP contribution in [-0.4, -0.2) is 77.3 Å². The van der Waals surface area contributed by atoms with Crippen LogP contribution in [0.15, 0.2) is 43.1 Å². The molecule has 0 amide bonds. The molecule has 2 saturated heterocycles. The van der Waals surface area contributed by atoms with Crippen LogP contribution < -0.4 is 9.64 Å². The first-order valence-electron chi connectivity index (χ1n) is 17.1. The van der Waals surface area contributed by atoms with E-state index < -0.39 is 0 Å². The van der Waals surface area contributed by atoms with Crippen LogP contribution in [0.5, 0.6) is 11.8 Å². The molecule has 2 fully saturated rings. The molecule has 7 nitrogen and oxygen atoms in total. The third-order valence-corrected chi connectivity index (χ3v) is 8.16. The van der Waals surface area contributed by atoms with Crippen LogP contribution in [0.1, 0.15) is 102 Å². The lowest BCUT2D eigenvalue weighted by Crippen LogP contribution is -2.46. The van der Waals surface area contributed by atoms with Gasteiger partial charge in [0, 0.05) is 44.0 Å². The monoisotopic (exact) mass is 607 g/mol. The average Bonchev–Trinajstić information content (AvgIpc) is 3.04. The van der Waals surface area contributed by atoms with Gasteiger partial charge in [-0.15, -0.1) is 0 Å². The van der Waals surface area contributed by atoms with Crippen molar-refractivity contribution >= 4 is 5.82 Å². The molecule has 0 radical (unpaired) electrons. The summed E-state index contributed by atoms with van der Waals surface area (Å²) in [7, 11) is 0. The first-order valence-corrected chi connectivity index (χ1v) is 17.1. The van der Waals surface area contributed by atoms with Gasteiger partial charge in [0.25, 0.3) is 0 Å². The molecule has 1 aromatic heterocycles. The minimum atomic E-state index is 0.369. The Morgan fingerprint density at radius 3 is 2.25 bits per heavy atom. The average molecular weight is 608 g/mol. The number of rotatable bonds is 12. The predicted octanol–water partition coefficient (Wildman–Crippen LogP) is 7.92. The van der Waals surface area contributed by atoms with Gasteiger partial charge in [0.1, 0.15) is 11.6 Å². The number of aromatic hydroxyl groups is 1. The Balaban J connectivity index is 0.000000434. The van der Waals surface area contributed by atoms with Crippen LogP contribution in [0.25, 0.3) is 0 Å². The van der Waals surface area contributed by atoms with Crippen molar-refractivity contribution in [2.24, 2.45) is 0 Å². The summed E-state index contributed by atoms with van der Waals surface area (Å²) < 4.78 is 6.07. The number of nitrogens with zero attached hydrogens (tertiary/aromatic N) is 5. The molecule has 1 aromatic carbocycles. The number of ether oxygens (including phenoxy) is 1. The molecule has 2 aliphatic rings. The largest absolute Gasteiger partial charge is 0.508 e. The zero-order chi connectivity index (χ0) is 32.5. The highest BCUT2D eigenvalue weighted by Crippen LogP contribution is 2.27. The summed E-state index contributed by atoms with van der Waals surface area (Å²) in [4.78, 5) is 17.0. The number of hydrogen-bond donors (Lipinski definition) is 1. The molecule has 1 N–H and O–H groups in total. The zero-order valence-electron chi connectivity index (χ0n) is 29.0. The van der Waals surface area contributed by atoms with Crippen LogP contribution in [0.4, 0.5) is 5.82 Å². The number of hydrogen-bond acceptors (Lipinski definition) is 7. The molecule has 7 heteroatoms. The van der Waals surface area contributed by atoms with Gasteiger partial charge in [0.05, 0.1) is 12.3 Å². The molecule has 0 bridgehead atoms. The Bertz CT molecular complexity index is 1110. The normalized spacial score (nSPS) is 15.2. The smallest absolute Gasteiger partial charge is 0.318 e. The fourth-order valence-electron chi connectivity index (χ4n) is 5.71. The number of allylic oxidation sites excluding steroid dienone is 1. The van der Waals surface area contributed by atoms with E-state index in [4.69, 9.17) is 14.7 Å². The highest BCUT2D eigenvalue weighted by molar-refractivity contribution is 5.51. The SMILES string of the molecule is C=CC(=C)N1CCN(c2nc(OCCCN3CCCCC3)nc(CC)c2CCC)CC1.CC.Cc1cc(O)cc(C(C)C)c1. The molecular weight excluding hydrogens is 546 g/mol. The number of likely N-dealkylation sites (tertiary alicyclic amines) is 1. The molecule has 3 heterocycles. The topological polar surface area (TPSA) is 65.0 Å². The third kappa shape index (κ3) is 11.8. The van der Waals surface area contributed by atoms with E-state index in [0.29, 0.717) is 24.3 Å². The van der Waals surface area contributed by atoms with E-state index in [9.17, 15) is 5.11 Å². The van der Waals surface area contributed by atoms with E-state index in [1.807, 2.05) is 32.9 Å². The van der Waals surface area contributed by atoms with Crippen molar-refractivity contribution in [3.63, 3.8) is 0 Å². The molecule has 2 aromatic rings. The van der Waals surface area contributed by atoms with Gasteiger partial charge < -0.3 is 24.5 Å². The summed E-state index contributed by atoms with van der Waals surface area (Å²) in [6.45, 7) is 30.6. The fourth-order valence-corrected chi connectivity index (χ4v) is 5.71. The quantitative estimate of drug-likeness (QED) is 0.194. The van der Waals surface area contributed by atoms with Crippen LogP contribution >= 0.6 is 0 Å². The van der Waals surface area contributed by atoms with Crippen LogP contribution in [-0.2, 0) is 12.8 Å². The maximum Gasteiger partial charge on any atom is 0.318 e. The van der Waals surface area contributed by atoms with E-state index in [2.05, 4.69) is 61.6 Å². The van der Waals surface area contributed by atoms with Crippen LogP contribution in [0.2, 0.25) is 0 Å². The van der Waals surface area contributed by atoms with Crippen molar-refractivity contribution in [2.75, 3.05) is 57.3 Å². The number of piperazine rings is 1. The van der Waals surface area contributed by atoms with Crippen molar-refractivity contribution < 1.29 is 9.84 Å². The third-order valence-electron chi connectivity index (χ3n) is 8.16. The summed E-state index contributed by atoms with van der Waals surface area (Å²) in [5.74, 6) is 1.93. The van der Waals surface area contributed by atoms with Gasteiger partial charge in [-0.1, -0.05) is 73.6 Å². The lowest BCUT2D eigenvalue weighted by Gasteiger charge is -2.37. The van der Waals surface area contributed by atoms with E-state index in [1.54, 1.807) is 6.07 Å². The van der Waals surface area contributed by atoms with Gasteiger partial charge in [-0.3, -0.25) is 0 Å². The molecular formula is C37H61N5O2. The molecule has 44 heavy (non-hydrogen) atoms. The molecule has 2 aliphatic heterocycles. The van der Waals surface area contributed by atoms with Crippen molar-refractivity contribution in [2.45, 2.75) is 99.3 Å². The minimum absolute atomic E-state index is 0.369. The molecule has 0 aliphatic carbocycles. The molecule has 0 spiro atoms. The molecule has 246 valence electrons. The molecule has 0 unspecified atom stereocenters. The van der Waals surface area contributed by atoms with Gasteiger partial charge in [0.2, 0.25) is 0 Å². The fraction of sp³-hybridized carbons (Fsp3) is 0.622. The standard InChI is InChI=1S/C25H41N5O.C10H14O.C2H6/c1-5-12-22-23(7-3)26-25(31-20-11-15-28-13-9-8-10-14-28)27-24(22)30-18-16-29(17-19-30)21(4)6-2;1-7(2)9-4-8(3)5-10(11)6-9;1-2/h6H,2,4-5,7-20H2,1,3H3;4-7,11H,1-3H3;1-2H3. The lowest BCUT2D eigenvalue weighted by molar-refractivity contribution is 0.200. The first-order chi connectivity index (χ1) is 21.2. The Morgan fingerprint density at radius 1 is 1.00 bits per heavy atom. The summed E-state index contributed by atoms with van der Waals surface area (Å²) >= 11 is 0. The Morgan fingerprint density at radius 2 is 1.68 bits per heavy atom. The van der Waals surface area contributed by atoms with Crippen molar-refractivity contribution in [3.8, 4) is 11.8 Å². The van der Waals surface area contributed by atoms with Crippen LogP contribution in [0.3, 0.4) is 0 Å². The predicted molar refractivity (Wildman–Crippen MR) is 187 cm³/mol. The van der Waals surface area contributed by atoms with Gasteiger partial charge in [-0.25, -0.2) is 0 Å². The van der Waals surface area contributed by atoms with E-state index in [-0.39, 0.29) is 0 Å². The number of aryl methyl sites for hydroxylation is 2. The second kappa shape index (κ2) is 20.1. The van der Waals surface area contributed by atoms with Gasteiger partial charge in [-0.2, -0.15) is 9.97 Å². The second-order valence-electron chi connectivity index (χ2n) is 11.9. The number of benzene rings is 1. The maximum absolute atomic E-state index is 9.24. The maximum atomic E-state index is 9.24. The van der Waals surface area contributed by atoms with Crippen molar-refractivity contribution in [3.05, 3.63) is 65.5 Å². The minimum Gasteiger partial charge on any atom is -0.508 e. The van der Waals surface area contributed by atoms with Crippen LogP contribution in [0, 0.1) is 6.92 Å². The second-order valence-corrected chi connectivity index (χ2v) is 11.9. The highest BCUT2D eigenvalue weighted by atomic mass is 16.5. The molecule has 0 saturated carbocycles. The van der Waals surface area contributed by atoms with E-state index >= 15 is 0 Å². The number of aromatic nitrogens is 2. The van der Waals surface area contributed by atoms with Gasteiger partial charge >= 0.3 is 6.01 Å². The Hall–Kier alpha value is -3.06. The summed E-state index contributed by atoms with van der Waals surface area (Å²) in [5.41, 5.74) is 5.75. The summed E-state index contributed by atoms with van der Waals surface area (Å²) in [6.07, 6.45) is 9.91. The lowest BCUT2D eigenvalue weighted by atomic mass is 10.0. The van der Waals surface area contributed by atoms with Gasteiger partial charge in [-0.05, 0) is 87.4 Å². The summed E-state index contributed by atoms with van der Waals surface area (Å²) in [5, 5.41) is 9.24. The van der Waals surface area contributed by atoms with Crippen molar-refractivity contribution in [1.82, 2.24) is 19.8 Å². The summed E-state index contributed by atoms with van der Waals surface area (Å²) in [6, 6.07) is 6.23. The zero-order valence-corrected chi connectivity index (χ0v) is 29.0. The van der Waals surface area contributed by atoms with E-state index in [0.717, 1.165) is 81.2 Å². The molecule has 4 rings (SSSR count). The number of phenolic OH excluding ortho intramolecular Hbond substituents is 1. The first kappa shape index (κ1) is 37.1.